The summed E-state index contributed by atoms with van der Waals surface area (Å²) in [5.74, 6) is -1.59. The van der Waals surface area contributed by atoms with E-state index in [4.69, 9.17) is 4.52 Å². The second kappa shape index (κ2) is 7.28. The molecule has 30 heavy (non-hydrogen) atoms. The van der Waals surface area contributed by atoms with Gasteiger partial charge >= 0.3 is 5.91 Å². The number of ketones is 1. The van der Waals surface area contributed by atoms with Crippen LogP contribution in [0.5, 0.6) is 0 Å². The first-order valence-electron chi connectivity index (χ1n) is 8.92. The Bertz CT molecular complexity index is 1180. The number of carbonyl (C=O) groups excluding carboxylic acids is 2. The largest absolute Gasteiger partial charge is 0.507 e. The first kappa shape index (κ1) is 19.1. The van der Waals surface area contributed by atoms with Gasteiger partial charge in [-0.15, -0.1) is 0 Å². The van der Waals surface area contributed by atoms with Crippen LogP contribution in [0.2, 0.25) is 0 Å². The smallest absolute Gasteiger partial charge is 0.301 e. The standard InChI is InChI=1S/C21H15N3O6/c1-12-11-16(22-30-12)23-18(13-7-9-15(10-8-13)24(28)29)17(20(26)21(23)27)19(25)14-5-3-2-4-6-14/h2-11,18,25H,1H3/b19-17+. The highest BCUT2D eigenvalue weighted by Gasteiger charge is 2.48. The van der Waals surface area contributed by atoms with Crippen LogP contribution in [0, 0.1) is 17.0 Å². The molecule has 0 aliphatic carbocycles. The first-order valence-corrected chi connectivity index (χ1v) is 8.92. The van der Waals surface area contributed by atoms with E-state index < -0.39 is 22.7 Å². The van der Waals surface area contributed by atoms with Gasteiger partial charge in [0.05, 0.1) is 16.5 Å². The molecule has 1 aliphatic rings. The highest BCUT2D eigenvalue weighted by atomic mass is 16.6. The number of rotatable bonds is 4. The molecular formula is C21H15N3O6. The van der Waals surface area contributed by atoms with E-state index in [9.17, 15) is 24.8 Å². The van der Waals surface area contributed by atoms with Crippen molar-refractivity contribution < 1.29 is 24.1 Å². The summed E-state index contributed by atoms with van der Waals surface area (Å²) in [6.45, 7) is 1.64. The topological polar surface area (TPSA) is 127 Å². The maximum atomic E-state index is 12.9. The average Bonchev–Trinajstić information content (AvgIpc) is 3.29. The van der Waals surface area contributed by atoms with Gasteiger partial charge in [-0.2, -0.15) is 0 Å². The molecule has 1 aromatic heterocycles. The zero-order valence-electron chi connectivity index (χ0n) is 15.7. The van der Waals surface area contributed by atoms with Crippen molar-refractivity contribution in [3.63, 3.8) is 0 Å². The minimum atomic E-state index is -1.03. The number of nitro benzene ring substituents is 1. The average molecular weight is 405 g/mol. The molecule has 0 saturated carbocycles. The Labute approximate surface area is 170 Å². The lowest BCUT2D eigenvalue weighted by atomic mass is 9.95. The summed E-state index contributed by atoms with van der Waals surface area (Å²) < 4.78 is 5.05. The molecule has 1 unspecified atom stereocenters. The maximum absolute atomic E-state index is 12.9. The quantitative estimate of drug-likeness (QED) is 0.231. The molecule has 1 saturated heterocycles. The van der Waals surface area contributed by atoms with Crippen molar-refractivity contribution in [3.8, 4) is 0 Å². The molecule has 0 bridgehead atoms. The van der Waals surface area contributed by atoms with Gasteiger partial charge in [0, 0.05) is 23.8 Å². The molecule has 150 valence electrons. The van der Waals surface area contributed by atoms with E-state index in [-0.39, 0.29) is 22.8 Å². The summed E-state index contributed by atoms with van der Waals surface area (Å²) in [4.78, 5) is 37.3. The number of aryl methyl sites for hydroxylation is 1. The molecule has 1 fully saturated rings. The number of aromatic nitrogens is 1. The van der Waals surface area contributed by atoms with Crippen molar-refractivity contribution in [3.05, 3.63) is 93.2 Å². The summed E-state index contributed by atoms with van der Waals surface area (Å²) in [6, 6.07) is 14.2. The number of nitro groups is 1. The van der Waals surface area contributed by atoms with Gasteiger partial charge in [0.2, 0.25) is 0 Å². The number of anilines is 1. The van der Waals surface area contributed by atoms with Crippen molar-refractivity contribution >= 4 is 29.0 Å². The predicted molar refractivity (Wildman–Crippen MR) is 106 cm³/mol. The van der Waals surface area contributed by atoms with Crippen molar-refractivity contribution in [2.75, 3.05) is 4.90 Å². The van der Waals surface area contributed by atoms with Crippen LogP contribution < -0.4 is 4.90 Å². The molecule has 1 N–H and O–H groups in total. The summed E-state index contributed by atoms with van der Waals surface area (Å²) in [7, 11) is 0. The summed E-state index contributed by atoms with van der Waals surface area (Å²) in [6.07, 6.45) is 0. The van der Waals surface area contributed by atoms with Crippen LogP contribution in [-0.4, -0.2) is 26.9 Å². The van der Waals surface area contributed by atoms with Gasteiger partial charge in [0.15, 0.2) is 5.82 Å². The summed E-state index contributed by atoms with van der Waals surface area (Å²) in [5, 5.41) is 25.7. The molecule has 2 heterocycles. The van der Waals surface area contributed by atoms with Crippen LogP contribution in [0.25, 0.3) is 5.76 Å². The number of aliphatic hydroxyl groups is 1. The molecule has 4 rings (SSSR count). The van der Waals surface area contributed by atoms with Gasteiger partial charge in [0.25, 0.3) is 11.5 Å². The zero-order chi connectivity index (χ0) is 21.4. The minimum absolute atomic E-state index is 0.102. The number of amides is 1. The van der Waals surface area contributed by atoms with E-state index in [1.54, 1.807) is 37.3 Å². The van der Waals surface area contributed by atoms with E-state index in [1.807, 2.05) is 0 Å². The number of Topliss-reactive ketones (excluding diaryl/α,β-unsaturated/α-hetero) is 1. The number of aliphatic hydroxyl groups excluding tert-OH is 1. The molecule has 2 aromatic carbocycles. The Morgan fingerprint density at radius 3 is 2.37 bits per heavy atom. The fourth-order valence-corrected chi connectivity index (χ4v) is 3.38. The third-order valence-corrected chi connectivity index (χ3v) is 4.77. The zero-order valence-corrected chi connectivity index (χ0v) is 15.7. The number of benzene rings is 2. The van der Waals surface area contributed by atoms with Crippen molar-refractivity contribution in [1.82, 2.24) is 5.16 Å². The fraction of sp³-hybridized carbons (Fsp3) is 0.0952. The third-order valence-electron chi connectivity index (χ3n) is 4.77. The van der Waals surface area contributed by atoms with Gasteiger partial charge < -0.3 is 9.63 Å². The van der Waals surface area contributed by atoms with Crippen LogP contribution in [0.3, 0.4) is 0 Å². The molecule has 1 atom stereocenters. The Hall–Kier alpha value is -4.27. The molecule has 9 nitrogen and oxygen atoms in total. The van der Waals surface area contributed by atoms with Gasteiger partial charge in [-0.1, -0.05) is 35.5 Å². The van der Waals surface area contributed by atoms with E-state index >= 15 is 0 Å². The maximum Gasteiger partial charge on any atom is 0.301 e. The first-order chi connectivity index (χ1) is 14.4. The van der Waals surface area contributed by atoms with Crippen LogP contribution in [-0.2, 0) is 9.59 Å². The third kappa shape index (κ3) is 3.12. The number of nitrogens with zero attached hydrogens (tertiary/aromatic N) is 3. The highest BCUT2D eigenvalue weighted by molar-refractivity contribution is 6.51. The van der Waals surface area contributed by atoms with Gasteiger partial charge in [-0.05, 0) is 24.6 Å². The number of hydrogen-bond donors (Lipinski definition) is 1. The van der Waals surface area contributed by atoms with Crippen molar-refractivity contribution in [1.29, 1.82) is 0 Å². The van der Waals surface area contributed by atoms with Crippen LogP contribution in [0.1, 0.15) is 22.9 Å². The Kier molecular flexibility index (Phi) is 4.63. The Morgan fingerprint density at radius 2 is 1.80 bits per heavy atom. The number of hydrogen-bond acceptors (Lipinski definition) is 7. The lowest BCUT2D eigenvalue weighted by Crippen LogP contribution is -2.29. The second-order valence-electron chi connectivity index (χ2n) is 6.68. The summed E-state index contributed by atoms with van der Waals surface area (Å²) >= 11 is 0. The van der Waals surface area contributed by atoms with E-state index in [0.717, 1.165) is 4.90 Å². The SMILES string of the molecule is Cc1cc(N2C(=O)C(=O)/C(=C(/O)c3ccccc3)C2c2ccc([N+](=O)[O-])cc2)no1. The van der Waals surface area contributed by atoms with E-state index in [0.29, 0.717) is 16.9 Å². The molecular weight excluding hydrogens is 390 g/mol. The van der Waals surface area contributed by atoms with Crippen molar-refractivity contribution in [2.45, 2.75) is 13.0 Å². The van der Waals surface area contributed by atoms with Crippen LogP contribution in [0.15, 0.2) is 70.8 Å². The monoisotopic (exact) mass is 405 g/mol. The molecule has 0 spiro atoms. The normalized spacial score (nSPS) is 18.0. The second-order valence-corrected chi connectivity index (χ2v) is 6.68. The Balaban J connectivity index is 1.93. The predicted octanol–water partition coefficient (Wildman–Crippen LogP) is 3.52. The molecule has 3 aromatic rings. The number of non-ortho nitro benzene ring substituents is 1. The molecule has 1 amide bonds. The fourth-order valence-electron chi connectivity index (χ4n) is 3.38. The Morgan fingerprint density at radius 1 is 1.13 bits per heavy atom. The van der Waals surface area contributed by atoms with Gasteiger partial charge in [0.1, 0.15) is 11.5 Å². The number of carbonyl (C=O) groups is 2. The van der Waals surface area contributed by atoms with Crippen LogP contribution >= 0.6 is 0 Å². The highest BCUT2D eigenvalue weighted by Crippen LogP contribution is 2.42. The van der Waals surface area contributed by atoms with Crippen molar-refractivity contribution in [2.24, 2.45) is 0 Å². The van der Waals surface area contributed by atoms with E-state index in [1.165, 1.54) is 30.3 Å². The lowest BCUT2D eigenvalue weighted by molar-refractivity contribution is -0.384. The molecule has 9 heteroatoms. The van der Waals surface area contributed by atoms with Gasteiger partial charge in [-0.3, -0.25) is 24.6 Å². The molecule has 0 radical (unpaired) electrons. The minimum Gasteiger partial charge on any atom is -0.507 e. The summed E-state index contributed by atoms with van der Waals surface area (Å²) in [5.41, 5.74) is 0.480. The van der Waals surface area contributed by atoms with Crippen LogP contribution in [0.4, 0.5) is 11.5 Å². The molecule has 1 aliphatic heterocycles. The van der Waals surface area contributed by atoms with E-state index in [2.05, 4.69) is 5.16 Å². The lowest BCUT2D eigenvalue weighted by Gasteiger charge is -2.22. The van der Waals surface area contributed by atoms with Gasteiger partial charge in [-0.25, -0.2) is 0 Å².